The third-order valence-electron chi connectivity index (χ3n) is 3.68. The molecule has 1 atom stereocenters. The maximum Gasteiger partial charge on any atom is 0.291 e. The van der Waals surface area contributed by atoms with E-state index >= 15 is 0 Å². The van der Waals surface area contributed by atoms with Crippen molar-refractivity contribution in [1.29, 1.82) is 0 Å². The molecular formula is C15H18N4O3S2. The molecule has 24 heavy (non-hydrogen) atoms. The topological polar surface area (TPSA) is 85.5 Å². The molecule has 1 amide bonds. The number of fused-ring (bicyclic) bond motifs is 3. The Hall–Kier alpha value is -2.00. The zero-order valence-electron chi connectivity index (χ0n) is 13.4. The van der Waals surface area contributed by atoms with Gasteiger partial charge in [0.15, 0.2) is 0 Å². The second kappa shape index (κ2) is 6.86. The number of rotatable bonds is 6. The van der Waals surface area contributed by atoms with Crippen molar-refractivity contribution in [1.82, 2.24) is 19.5 Å². The fourth-order valence-corrected chi connectivity index (χ4v) is 3.87. The van der Waals surface area contributed by atoms with Gasteiger partial charge in [-0.05, 0) is 17.5 Å². The number of aryl methyl sites for hydroxylation is 1. The van der Waals surface area contributed by atoms with Crippen molar-refractivity contribution in [2.45, 2.75) is 19.9 Å². The van der Waals surface area contributed by atoms with Crippen LogP contribution in [0.3, 0.4) is 0 Å². The first-order valence-electron chi connectivity index (χ1n) is 7.56. The Morgan fingerprint density at radius 3 is 2.96 bits per heavy atom. The predicted molar refractivity (Wildman–Crippen MR) is 96.2 cm³/mol. The quantitative estimate of drug-likeness (QED) is 0.698. The average Bonchev–Trinajstić information content (AvgIpc) is 3.11. The number of nitrogens with zero attached hydrogens (tertiary/aromatic N) is 3. The molecule has 7 nitrogen and oxygen atoms in total. The second-order valence-electron chi connectivity index (χ2n) is 5.41. The molecule has 0 aliphatic heterocycles. The molecule has 0 aromatic carbocycles. The lowest BCUT2D eigenvalue weighted by atomic mass is 10.4. The van der Waals surface area contributed by atoms with Gasteiger partial charge in [-0.3, -0.25) is 18.2 Å². The highest BCUT2D eigenvalue weighted by Gasteiger charge is 2.15. The summed E-state index contributed by atoms with van der Waals surface area (Å²) in [6, 6.07) is 3.80. The lowest BCUT2D eigenvalue weighted by Crippen LogP contribution is -2.36. The van der Waals surface area contributed by atoms with E-state index in [0.29, 0.717) is 24.2 Å². The number of thiophene rings is 1. The summed E-state index contributed by atoms with van der Waals surface area (Å²) in [5.41, 5.74) is 0.246. The Labute approximate surface area is 144 Å². The lowest BCUT2D eigenvalue weighted by Gasteiger charge is -2.10. The van der Waals surface area contributed by atoms with Gasteiger partial charge in [0.25, 0.3) is 5.56 Å². The molecule has 3 aromatic rings. The average molecular weight is 366 g/mol. The van der Waals surface area contributed by atoms with Crippen LogP contribution in [0, 0.1) is 0 Å². The fraction of sp³-hybridized carbons (Fsp3) is 0.400. The first-order valence-corrected chi connectivity index (χ1v) is 10.2. The monoisotopic (exact) mass is 366 g/mol. The standard InChI is InChI=1S/C15H18N4O3S2/c1-3-12-17-18(9-13(20)16-5-7-24(2)22)14(21)11-8-10-4-6-23-15(10)19(11)12/h4,6,8H,3,5,7,9H2,1-2H3,(H,16,20)/t24-/m1/s1. The zero-order valence-corrected chi connectivity index (χ0v) is 15.1. The zero-order chi connectivity index (χ0) is 17.3. The maximum atomic E-state index is 12.6. The third-order valence-corrected chi connectivity index (χ3v) is 5.37. The van der Waals surface area contributed by atoms with Crippen molar-refractivity contribution in [2.75, 3.05) is 18.6 Å². The van der Waals surface area contributed by atoms with Crippen LogP contribution in [0.5, 0.6) is 0 Å². The number of hydrogen-bond acceptors (Lipinski definition) is 5. The molecule has 1 N–H and O–H groups in total. The summed E-state index contributed by atoms with van der Waals surface area (Å²) in [6.45, 7) is 2.14. The van der Waals surface area contributed by atoms with Gasteiger partial charge < -0.3 is 5.32 Å². The first kappa shape index (κ1) is 16.8. The molecule has 0 fully saturated rings. The van der Waals surface area contributed by atoms with E-state index in [2.05, 4.69) is 10.4 Å². The van der Waals surface area contributed by atoms with Gasteiger partial charge in [0.05, 0.1) is 0 Å². The van der Waals surface area contributed by atoms with Crippen LogP contribution in [-0.2, 0) is 28.6 Å². The van der Waals surface area contributed by atoms with Crippen LogP contribution < -0.4 is 10.9 Å². The summed E-state index contributed by atoms with van der Waals surface area (Å²) in [7, 11) is -0.962. The lowest BCUT2D eigenvalue weighted by molar-refractivity contribution is -0.121. The minimum absolute atomic E-state index is 0.141. The van der Waals surface area contributed by atoms with Gasteiger partial charge in [0.1, 0.15) is 22.7 Å². The minimum atomic E-state index is -0.962. The van der Waals surface area contributed by atoms with E-state index in [9.17, 15) is 13.8 Å². The molecule has 0 aliphatic rings. The van der Waals surface area contributed by atoms with E-state index in [0.717, 1.165) is 16.0 Å². The summed E-state index contributed by atoms with van der Waals surface area (Å²) in [5.74, 6) is 0.821. The smallest absolute Gasteiger partial charge is 0.291 e. The highest BCUT2D eigenvalue weighted by atomic mass is 32.2. The van der Waals surface area contributed by atoms with E-state index in [-0.39, 0.29) is 18.0 Å². The molecule has 0 aliphatic carbocycles. The summed E-state index contributed by atoms with van der Waals surface area (Å²) >= 11 is 1.56. The van der Waals surface area contributed by atoms with Crippen LogP contribution in [-0.4, -0.2) is 42.9 Å². The van der Waals surface area contributed by atoms with E-state index in [1.54, 1.807) is 17.6 Å². The summed E-state index contributed by atoms with van der Waals surface area (Å²) in [4.78, 5) is 25.6. The first-order chi connectivity index (χ1) is 11.5. The summed E-state index contributed by atoms with van der Waals surface area (Å²) in [5, 5.41) is 10.00. The van der Waals surface area contributed by atoms with Crippen LogP contribution in [0.2, 0.25) is 0 Å². The van der Waals surface area contributed by atoms with Crippen molar-refractivity contribution in [3.63, 3.8) is 0 Å². The van der Waals surface area contributed by atoms with Crippen molar-refractivity contribution < 1.29 is 9.00 Å². The molecule has 0 saturated heterocycles. The van der Waals surface area contributed by atoms with Crippen molar-refractivity contribution in [3.8, 4) is 0 Å². The Morgan fingerprint density at radius 2 is 2.25 bits per heavy atom. The van der Waals surface area contributed by atoms with Crippen molar-refractivity contribution in [3.05, 3.63) is 33.7 Å². The maximum absolute atomic E-state index is 12.6. The van der Waals surface area contributed by atoms with E-state index in [4.69, 9.17) is 0 Å². The van der Waals surface area contributed by atoms with Gasteiger partial charge in [-0.25, -0.2) is 4.68 Å². The number of carbonyl (C=O) groups excluding carboxylic acids is 1. The number of carbonyl (C=O) groups is 1. The highest BCUT2D eigenvalue weighted by Crippen LogP contribution is 2.24. The number of amides is 1. The fourth-order valence-electron chi connectivity index (χ4n) is 2.56. The Balaban J connectivity index is 1.94. The van der Waals surface area contributed by atoms with E-state index < -0.39 is 10.8 Å². The Bertz CT molecular complexity index is 986. The molecule has 3 aromatic heterocycles. The third kappa shape index (κ3) is 3.13. The number of aromatic nitrogens is 3. The molecule has 0 unspecified atom stereocenters. The second-order valence-corrected chi connectivity index (χ2v) is 7.86. The minimum Gasteiger partial charge on any atom is -0.354 e. The van der Waals surface area contributed by atoms with Crippen LogP contribution in [0.25, 0.3) is 15.7 Å². The predicted octanol–water partition coefficient (Wildman–Crippen LogP) is 0.768. The van der Waals surface area contributed by atoms with Gasteiger partial charge in [-0.15, -0.1) is 11.3 Å². The number of hydrogen-bond donors (Lipinski definition) is 1. The van der Waals surface area contributed by atoms with Crippen LogP contribution >= 0.6 is 11.3 Å². The molecule has 0 saturated carbocycles. The van der Waals surface area contributed by atoms with Crippen molar-refractivity contribution >= 4 is 43.8 Å². The molecular weight excluding hydrogens is 348 g/mol. The Kier molecular flexibility index (Phi) is 4.81. The van der Waals surface area contributed by atoms with E-state index in [1.807, 2.05) is 28.8 Å². The molecule has 9 heteroatoms. The van der Waals surface area contributed by atoms with Crippen LogP contribution in [0.1, 0.15) is 12.7 Å². The summed E-state index contributed by atoms with van der Waals surface area (Å²) < 4.78 is 14.1. The number of nitrogens with one attached hydrogen (secondary N) is 1. The van der Waals surface area contributed by atoms with Gasteiger partial charge in [0, 0.05) is 41.2 Å². The molecule has 128 valence electrons. The molecule has 3 heterocycles. The SMILES string of the molecule is CCc1nn(CC(=O)NCC[S@@](C)=O)c(=O)c2cc3ccsc3n12. The molecule has 0 spiro atoms. The normalized spacial score (nSPS) is 12.8. The molecule has 0 radical (unpaired) electrons. The highest BCUT2D eigenvalue weighted by molar-refractivity contribution is 7.84. The van der Waals surface area contributed by atoms with E-state index in [1.165, 1.54) is 4.68 Å². The summed E-state index contributed by atoms with van der Waals surface area (Å²) in [6.07, 6.45) is 2.23. The van der Waals surface area contributed by atoms with Gasteiger partial charge in [-0.2, -0.15) is 5.10 Å². The Morgan fingerprint density at radius 1 is 1.46 bits per heavy atom. The van der Waals surface area contributed by atoms with Crippen molar-refractivity contribution in [2.24, 2.45) is 0 Å². The molecule has 3 rings (SSSR count). The van der Waals surface area contributed by atoms with Crippen LogP contribution in [0.4, 0.5) is 0 Å². The molecule has 0 bridgehead atoms. The van der Waals surface area contributed by atoms with Gasteiger partial charge in [0.2, 0.25) is 5.91 Å². The van der Waals surface area contributed by atoms with Gasteiger partial charge in [-0.1, -0.05) is 6.92 Å². The van der Waals surface area contributed by atoms with Crippen LogP contribution in [0.15, 0.2) is 22.3 Å². The van der Waals surface area contributed by atoms with Gasteiger partial charge >= 0.3 is 0 Å². The largest absolute Gasteiger partial charge is 0.354 e.